The van der Waals surface area contributed by atoms with E-state index in [-0.39, 0.29) is 0 Å². The van der Waals surface area contributed by atoms with Gasteiger partial charge >= 0.3 is 0 Å². The minimum atomic E-state index is 1.71. The molecule has 0 N–H and O–H groups in total. The summed E-state index contributed by atoms with van der Waals surface area (Å²) >= 11 is 0. The summed E-state index contributed by atoms with van der Waals surface area (Å²) in [7, 11) is 2.47. The van der Waals surface area contributed by atoms with E-state index in [1.54, 1.807) is 16.9 Å². The Balaban J connectivity index is 0. The van der Waals surface area contributed by atoms with Gasteiger partial charge in [0.1, 0.15) is 0 Å². The molecule has 0 bridgehead atoms. The first-order valence-electron chi connectivity index (χ1n) is 3.62. The fourth-order valence-electron chi connectivity index (χ4n) is 0.269. The maximum atomic E-state index is 3.76. The number of hydrogen-bond donors (Lipinski definition) is 0. The molecule has 0 aliphatic rings. The Kier molecular flexibility index (Phi) is 14.1. The molecule has 0 saturated heterocycles. The van der Waals surface area contributed by atoms with Crippen molar-refractivity contribution in [3.05, 3.63) is 18.7 Å². The fraction of sp³-hybridized carbons (Fsp3) is 0.571. The van der Waals surface area contributed by atoms with Crippen LogP contribution in [0.1, 0.15) is 27.7 Å². The zero-order chi connectivity index (χ0) is 8.41. The van der Waals surface area contributed by atoms with Gasteiger partial charge in [0.25, 0.3) is 0 Å². The summed E-state index contributed by atoms with van der Waals surface area (Å²) in [6, 6.07) is 0. The van der Waals surface area contributed by atoms with Gasteiger partial charge in [-0.3, -0.25) is 0 Å². The van der Waals surface area contributed by atoms with Crippen molar-refractivity contribution < 1.29 is 0 Å². The van der Waals surface area contributed by atoms with E-state index >= 15 is 0 Å². The third-order valence-corrected chi connectivity index (χ3v) is 0.830. The third-order valence-electron chi connectivity index (χ3n) is 0.525. The van der Waals surface area contributed by atoms with Gasteiger partial charge < -0.3 is 4.34 Å². The summed E-state index contributed by atoms with van der Waals surface area (Å²) in [4.78, 5) is 3.76. The van der Waals surface area contributed by atoms with Crippen LogP contribution in [-0.2, 0) is 0 Å². The summed E-state index contributed by atoms with van der Waals surface area (Å²) in [5.41, 5.74) is 0. The highest BCUT2D eigenvalue weighted by Crippen LogP contribution is 1.87. The average molecular weight is 160 g/mol. The first kappa shape index (κ1) is 12.3. The second kappa shape index (κ2) is 11.4. The predicted molar refractivity (Wildman–Crippen MR) is 50.0 cm³/mol. The predicted octanol–water partition coefficient (Wildman–Crippen LogP) is 2.57. The van der Waals surface area contributed by atoms with Crippen molar-refractivity contribution in [1.82, 2.24) is 9.32 Å². The molecule has 1 atom stereocenters. The van der Waals surface area contributed by atoms with Gasteiger partial charge in [-0.05, 0) is 9.39 Å². The van der Waals surface area contributed by atoms with E-state index in [9.17, 15) is 0 Å². The molecule has 0 saturated carbocycles. The van der Waals surface area contributed by atoms with Crippen molar-refractivity contribution in [2.75, 3.05) is 0 Å². The molecule has 60 valence electrons. The minimum absolute atomic E-state index is 1.71. The van der Waals surface area contributed by atoms with E-state index < -0.39 is 0 Å². The first-order valence-corrected chi connectivity index (χ1v) is 4.14. The van der Waals surface area contributed by atoms with Gasteiger partial charge in [-0.1, -0.05) is 27.7 Å². The molecule has 1 aromatic heterocycles. The van der Waals surface area contributed by atoms with Crippen LogP contribution in [-0.4, -0.2) is 9.32 Å². The highest BCUT2D eigenvalue weighted by molar-refractivity contribution is 7.14. The Bertz CT molecular complexity index is 115. The van der Waals surface area contributed by atoms with Crippen LogP contribution in [0.5, 0.6) is 0 Å². The molecule has 0 aliphatic heterocycles. The third kappa shape index (κ3) is 7.64. The van der Waals surface area contributed by atoms with Gasteiger partial charge in [-0.15, -0.1) is 0 Å². The standard InChI is InChI=1S/C3H5N2P.2C2H6/c6-5-2-1-4-3-5;2*1-2/h1-3H,6H2;2*1-2H3. The number of nitrogens with zero attached hydrogens (tertiary/aromatic N) is 2. The molecule has 0 aromatic carbocycles. The Hall–Kier alpha value is -0.360. The van der Waals surface area contributed by atoms with Crippen molar-refractivity contribution in [2.24, 2.45) is 0 Å². The summed E-state index contributed by atoms with van der Waals surface area (Å²) < 4.78 is 1.81. The summed E-state index contributed by atoms with van der Waals surface area (Å²) in [5.74, 6) is 0. The molecule has 3 heteroatoms. The smallest absolute Gasteiger partial charge is 0.0974 e. The number of imidazole rings is 1. The molecule has 0 aliphatic carbocycles. The molecule has 1 heterocycles. The maximum absolute atomic E-state index is 3.76. The lowest BCUT2D eigenvalue weighted by molar-refractivity contribution is 1.24. The molecule has 2 nitrogen and oxygen atoms in total. The molecular weight excluding hydrogens is 143 g/mol. The minimum Gasteiger partial charge on any atom is -0.322 e. The molecule has 1 aromatic rings. The van der Waals surface area contributed by atoms with Gasteiger partial charge in [0.05, 0.1) is 6.33 Å². The van der Waals surface area contributed by atoms with E-state index in [4.69, 9.17) is 0 Å². The van der Waals surface area contributed by atoms with Crippen molar-refractivity contribution in [2.45, 2.75) is 27.7 Å². The Morgan fingerprint density at radius 1 is 1.20 bits per heavy atom. The second-order valence-electron chi connectivity index (χ2n) is 1.01. The van der Waals surface area contributed by atoms with Crippen LogP contribution in [0, 0.1) is 0 Å². The molecule has 0 fully saturated rings. The van der Waals surface area contributed by atoms with E-state index in [0.717, 1.165) is 0 Å². The van der Waals surface area contributed by atoms with Crippen LogP contribution in [0.3, 0.4) is 0 Å². The van der Waals surface area contributed by atoms with Gasteiger partial charge in [-0.25, -0.2) is 4.98 Å². The largest absolute Gasteiger partial charge is 0.322 e. The highest BCUT2D eigenvalue weighted by atomic mass is 31.0. The average Bonchev–Trinajstić information content (AvgIpc) is 2.48. The van der Waals surface area contributed by atoms with Gasteiger partial charge in [0, 0.05) is 12.4 Å². The van der Waals surface area contributed by atoms with Crippen LogP contribution < -0.4 is 0 Å². The van der Waals surface area contributed by atoms with Crippen molar-refractivity contribution in [3.8, 4) is 0 Å². The SMILES string of the molecule is CC.CC.Pn1ccnc1. The lowest BCUT2D eigenvalue weighted by atomic mass is 11.0. The van der Waals surface area contributed by atoms with E-state index in [2.05, 4.69) is 14.4 Å². The van der Waals surface area contributed by atoms with Crippen molar-refractivity contribution in [1.29, 1.82) is 0 Å². The zero-order valence-corrected chi connectivity index (χ0v) is 8.36. The molecule has 0 radical (unpaired) electrons. The van der Waals surface area contributed by atoms with Crippen LogP contribution in [0.15, 0.2) is 18.7 Å². The molecule has 0 amide bonds. The highest BCUT2D eigenvalue weighted by Gasteiger charge is 1.69. The first-order chi connectivity index (χ1) is 4.89. The van der Waals surface area contributed by atoms with Crippen LogP contribution in [0.25, 0.3) is 0 Å². The van der Waals surface area contributed by atoms with E-state index in [0.29, 0.717) is 0 Å². The van der Waals surface area contributed by atoms with Gasteiger partial charge in [0.2, 0.25) is 0 Å². The molecule has 0 spiro atoms. The van der Waals surface area contributed by atoms with Crippen LogP contribution >= 0.6 is 9.39 Å². The lowest BCUT2D eigenvalue weighted by Gasteiger charge is -1.76. The quantitative estimate of drug-likeness (QED) is 0.533. The maximum Gasteiger partial charge on any atom is 0.0974 e. The Labute approximate surface area is 65.9 Å². The van der Waals surface area contributed by atoms with Crippen LogP contribution in [0.2, 0.25) is 0 Å². The Morgan fingerprint density at radius 3 is 1.80 bits per heavy atom. The zero-order valence-electron chi connectivity index (χ0n) is 7.20. The molecular formula is C7H17N2P. The number of hydrogen-bond acceptors (Lipinski definition) is 1. The fourth-order valence-corrected chi connectivity index (χ4v) is 0.423. The summed E-state index contributed by atoms with van der Waals surface area (Å²) in [6.07, 6.45) is 5.29. The van der Waals surface area contributed by atoms with Crippen molar-refractivity contribution in [3.63, 3.8) is 0 Å². The monoisotopic (exact) mass is 160 g/mol. The molecule has 10 heavy (non-hydrogen) atoms. The molecule has 1 unspecified atom stereocenters. The van der Waals surface area contributed by atoms with Gasteiger partial charge in [-0.2, -0.15) is 0 Å². The number of rotatable bonds is 0. The summed E-state index contributed by atoms with van der Waals surface area (Å²) in [6.45, 7) is 8.00. The lowest BCUT2D eigenvalue weighted by Crippen LogP contribution is -1.63. The van der Waals surface area contributed by atoms with E-state index in [1.165, 1.54) is 0 Å². The van der Waals surface area contributed by atoms with Crippen LogP contribution in [0.4, 0.5) is 0 Å². The Morgan fingerprint density at radius 2 is 1.70 bits per heavy atom. The summed E-state index contributed by atoms with van der Waals surface area (Å²) in [5, 5.41) is 0. The topological polar surface area (TPSA) is 17.8 Å². The van der Waals surface area contributed by atoms with Gasteiger partial charge in [0.15, 0.2) is 0 Å². The van der Waals surface area contributed by atoms with Crippen molar-refractivity contribution >= 4 is 9.39 Å². The molecule has 1 rings (SSSR count). The second-order valence-corrected chi connectivity index (χ2v) is 1.61. The normalized spacial score (nSPS) is 6.50. The number of aromatic nitrogens is 2. The van der Waals surface area contributed by atoms with E-state index in [1.807, 2.05) is 33.9 Å².